The molecule has 6 rings (SSSR count). The molecule has 1 saturated heterocycles. The van der Waals surface area contributed by atoms with Crippen molar-refractivity contribution in [1.29, 1.82) is 0 Å². The van der Waals surface area contributed by atoms with E-state index >= 15 is 0 Å². The van der Waals surface area contributed by atoms with E-state index in [1.807, 2.05) is 48.2 Å². The zero-order valence-electron chi connectivity index (χ0n) is 21.1. The highest BCUT2D eigenvalue weighted by molar-refractivity contribution is 6.30. The number of likely N-dealkylation sites (tertiary alicyclic amines) is 1. The van der Waals surface area contributed by atoms with Crippen LogP contribution in [0.3, 0.4) is 0 Å². The number of benzene rings is 2. The number of carbonyl (C=O) groups excluding carboxylic acids is 1. The van der Waals surface area contributed by atoms with Gasteiger partial charge in [-0.1, -0.05) is 36.6 Å². The number of nitrogens with zero attached hydrogens (tertiary/aromatic N) is 1. The largest absolute Gasteiger partial charge is 0.483 e. The second kappa shape index (κ2) is 9.48. The summed E-state index contributed by atoms with van der Waals surface area (Å²) in [4.78, 5) is 28.1. The Morgan fingerprint density at radius 1 is 1.14 bits per heavy atom. The predicted molar refractivity (Wildman–Crippen MR) is 142 cm³/mol. The molecule has 3 atom stereocenters. The maximum absolute atomic E-state index is 13.7. The topological polar surface area (TPSA) is 80.0 Å². The number of halogens is 1. The fraction of sp³-hybridized carbons (Fsp3) is 0.467. The molecule has 1 N–H and O–H groups in total. The Morgan fingerprint density at radius 2 is 1.92 bits per heavy atom. The summed E-state index contributed by atoms with van der Waals surface area (Å²) in [5.41, 5.74) is 3.08. The Bertz CT molecular complexity index is 1410. The second-order valence-electron chi connectivity index (χ2n) is 10.9. The van der Waals surface area contributed by atoms with Crippen LogP contribution in [-0.4, -0.2) is 34.7 Å². The summed E-state index contributed by atoms with van der Waals surface area (Å²) in [6.45, 7) is 2.27. The van der Waals surface area contributed by atoms with Crippen LogP contribution in [0.2, 0.25) is 5.02 Å². The van der Waals surface area contributed by atoms with Crippen molar-refractivity contribution in [3.63, 3.8) is 0 Å². The number of amides is 1. The van der Waals surface area contributed by atoms with Gasteiger partial charge in [0.05, 0.1) is 17.0 Å². The summed E-state index contributed by atoms with van der Waals surface area (Å²) in [6, 6.07) is 11.2. The van der Waals surface area contributed by atoms with Gasteiger partial charge in [0.25, 0.3) is 5.91 Å². The van der Waals surface area contributed by atoms with Gasteiger partial charge in [-0.3, -0.25) is 4.79 Å². The van der Waals surface area contributed by atoms with E-state index in [0.29, 0.717) is 35.7 Å². The van der Waals surface area contributed by atoms with Crippen molar-refractivity contribution < 1.29 is 19.1 Å². The van der Waals surface area contributed by atoms with Crippen LogP contribution < -0.4 is 10.4 Å². The van der Waals surface area contributed by atoms with Crippen molar-refractivity contribution in [3.05, 3.63) is 74.1 Å². The Balaban J connectivity index is 1.31. The van der Waals surface area contributed by atoms with Gasteiger partial charge < -0.3 is 19.2 Å². The average Bonchev–Trinajstić information content (AvgIpc) is 3.37. The van der Waals surface area contributed by atoms with Gasteiger partial charge in [-0.2, -0.15) is 0 Å². The number of fused-ring (bicyclic) bond motifs is 4. The predicted octanol–water partition coefficient (Wildman–Crippen LogP) is 5.52. The smallest absolute Gasteiger partial charge is 0.339 e. The number of aliphatic hydroxyl groups is 1. The number of ether oxygens (including phenoxy) is 1. The van der Waals surface area contributed by atoms with Crippen LogP contribution in [0, 0.1) is 12.8 Å². The van der Waals surface area contributed by atoms with Crippen LogP contribution in [0.1, 0.15) is 66.8 Å². The van der Waals surface area contributed by atoms with Crippen molar-refractivity contribution in [2.24, 2.45) is 5.92 Å². The molecule has 2 fully saturated rings. The van der Waals surface area contributed by atoms with E-state index in [0.717, 1.165) is 66.2 Å². The van der Waals surface area contributed by atoms with Crippen LogP contribution >= 0.6 is 11.6 Å². The summed E-state index contributed by atoms with van der Waals surface area (Å²) in [7, 11) is 0. The number of piperidine rings is 1. The lowest BCUT2D eigenvalue weighted by atomic mass is 9.66. The lowest BCUT2D eigenvalue weighted by molar-refractivity contribution is -0.157. The van der Waals surface area contributed by atoms with Gasteiger partial charge >= 0.3 is 5.63 Å². The normalized spacial score (nSPS) is 25.1. The SMILES string of the molecule is Cc1cc(OCC(=O)N2CC[C@@]3(O)CCCC[C@H]3[C@@H]2c2ccc(Cl)cc2)c2c3c(c(=O)oc2c1)CCC3. The maximum atomic E-state index is 13.7. The van der Waals surface area contributed by atoms with Crippen LogP contribution in [0.5, 0.6) is 5.75 Å². The molecule has 0 unspecified atom stereocenters. The second-order valence-corrected chi connectivity index (χ2v) is 11.4. The fourth-order valence-corrected chi connectivity index (χ4v) is 7.00. The van der Waals surface area contributed by atoms with Crippen molar-refractivity contribution in [2.45, 2.75) is 69.9 Å². The molecule has 194 valence electrons. The minimum Gasteiger partial charge on any atom is -0.483 e. The fourth-order valence-electron chi connectivity index (χ4n) is 6.88. The highest BCUT2D eigenvalue weighted by Crippen LogP contribution is 2.49. The molecule has 2 aromatic carbocycles. The third-order valence-electron chi connectivity index (χ3n) is 8.63. The van der Waals surface area contributed by atoms with E-state index in [1.54, 1.807) is 0 Å². The van der Waals surface area contributed by atoms with Crippen LogP contribution in [0.25, 0.3) is 11.0 Å². The molecule has 1 amide bonds. The summed E-state index contributed by atoms with van der Waals surface area (Å²) >= 11 is 6.17. The highest BCUT2D eigenvalue weighted by Gasteiger charge is 2.50. The van der Waals surface area contributed by atoms with Crippen LogP contribution in [0.15, 0.2) is 45.6 Å². The first-order chi connectivity index (χ1) is 17.8. The molecule has 0 bridgehead atoms. The Kier molecular flexibility index (Phi) is 6.28. The third kappa shape index (κ3) is 4.34. The molecule has 7 heteroatoms. The first-order valence-corrected chi connectivity index (χ1v) is 13.7. The Hall–Kier alpha value is -2.83. The van der Waals surface area contributed by atoms with Gasteiger partial charge in [0, 0.05) is 23.0 Å². The van der Waals surface area contributed by atoms with Gasteiger partial charge in [-0.15, -0.1) is 0 Å². The molecule has 3 aliphatic rings. The van der Waals surface area contributed by atoms with Gasteiger partial charge in [0.15, 0.2) is 6.61 Å². The first-order valence-electron chi connectivity index (χ1n) is 13.3. The Morgan fingerprint density at radius 3 is 2.73 bits per heavy atom. The summed E-state index contributed by atoms with van der Waals surface area (Å²) < 4.78 is 11.8. The highest BCUT2D eigenvalue weighted by atomic mass is 35.5. The molecule has 37 heavy (non-hydrogen) atoms. The molecule has 2 heterocycles. The quantitative estimate of drug-likeness (QED) is 0.457. The molecule has 2 aliphatic carbocycles. The maximum Gasteiger partial charge on any atom is 0.339 e. The molecular weight excluding hydrogens is 490 g/mol. The van der Waals surface area contributed by atoms with Crippen LogP contribution in [0.4, 0.5) is 0 Å². The number of hydrogen-bond donors (Lipinski definition) is 1. The number of hydrogen-bond acceptors (Lipinski definition) is 5. The van der Waals surface area contributed by atoms with Gasteiger partial charge in [0.1, 0.15) is 11.3 Å². The van der Waals surface area contributed by atoms with Crippen LogP contribution in [-0.2, 0) is 17.6 Å². The zero-order chi connectivity index (χ0) is 25.7. The molecule has 1 aliphatic heterocycles. The molecule has 0 radical (unpaired) electrons. The zero-order valence-corrected chi connectivity index (χ0v) is 21.9. The van der Waals surface area contributed by atoms with E-state index < -0.39 is 5.60 Å². The summed E-state index contributed by atoms with van der Waals surface area (Å²) in [5.74, 6) is 0.438. The minimum atomic E-state index is -0.759. The number of aryl methyl sites for hydroxylation is 2. The van der Waals surface area contributed by atoms with E-state index in [1.165, 1.54) is 0 Å². The van der Waals surface area contributed by atoms with E-state index in [9.17, 15) is 14.7 Å². The van der Waals surface area contributed by atoms with Gasteiger partial charge in [0.2, 0.25) is 0 Å². The molecule has 6 nitrogen and oxygen atoms in total. The molecular formula is C30H32ClNO5. The van der Waals surface area contributed by atoms with E-state index in [-0.39, 0.29) is 30.1 Å². The Labute approximate surface area is 221 Å². The lowest BCUT2D eigenvalue weighted by Crippen LogP contribution is -2.56. The third-order valence-corrected chi connectivity index (χ3v) is 8.88. The van der Waals surface area contributed by atoms with Gasteiger partial charge in [-0.05, 0) is 86.4 Å². The molecule has 0 spiro atoms. The van der Waals surface area contributed by atoms with E-state index in [4.69, 9.17) is 20.8 Å². The monoisotopic (exact) mass is 521 g/mol. The first kappa shape index (κ1) is 24.5. The molecule has 1 aromatic heterocycles. The van der Waals surface area contributed by atoms with Crippen molar-refractivity contribution in [1.82, 2.24) is 4.90 Å². The lowest BCUT2D eigenvalue weighted by Gasteiger charge is -2.52. The van der Waals surface area contributed by atoms with E-state index in [2.05, 4.69) is 0 Å². The average molecular weight is 522 g/mol. The number of rotatable bonds is 4. The van der Waals surface area contributed by atoms with Crippen molar-refractivity contribution in [2.75, 3.05) is 13.2 Å². The summed E-state index contributed by atoms with van der Waals surface area (Å²) in [5, 5.41) is 13.0. The number of carbonyl (C=O) groups is 1. The standard InChI is InChI=1S/C30H32ClNO5/c1-18-15-24(27-21-5-4-6-22(21)29(34)37-25(27)16-18)36-17-26(33)32-14-13-30(35)12-3-2-7-23(30)28(32)19-8-10-20(31)11-9-19/h8-11,15-16,23,28,35H,2-7,12-14,17H2,1H3/t23-,28-,30-/m0/s1. The molecule has 3 aromatic rings. The summed E-state index contributed by atoms with van der Waals surface area (Å²) in [6.07, 6.45) is 6.69. The van der Waals surface area contributed by atoms with Crippen molar-refractivity contribution >= 4 is 28.5 Å². The minimum absolute atomic E-state index is 0.0301. The van der Waals surface area contributed by atoms with Crippen molar-refractivity contribution in [3.8, 4) is 5.75 Å². The van der Waals surface area contributed by atoms with Gasteiger partial charge in [-0.25, -0.2) is 4.79 Å². The molecule has 1 saturated carbocycles.